The molecule has 1 amide bonds. The predicted molar refractivity (Wildman–Crippen MR) is 143 cm³/mol. The molecular weight excluding hydrogens is 438 g/mol. The first-order valence-electron chi connectivity index (χ1n) is 13.7. The van der Waals surface area contributed by atoms with E-state index in [2.05, 4.69) is 54.4 Å². The Labute approximate surface area is 210 Å². The Bertz CT molecular complexity index is 875. The molecule has 5 heteroatoms. The minimum atomic E-state index is 0.00878. The Morgan fingerprint density at radius 2 is 1.88 bits per heavy atom. The Hall–Kier alpha value is -1.72. The quantitative estimate of drug-likeness (QED) is 0.397. The first-order chi connectivity index (χ1) is 16.7. The minimum Gasteiger partial charge on any atom is -0.347 e. The highest BCUT2D eigenvalue weighted by atomic mass is 32.1. The molecule has 0 bridgehead atoms. The van der Waals surface area contributed by atoms with E-state index in [4.69, 9.17) is 4.98 Å². The molecular formula is C29H43N3OS. The molecule has 1 saturated carbocycles. The summed E-state index contributed by atoms with van der Waals surface area (Å²) in [5, 5.41) is 6.49. The highest BCUT2D eigenvalue weighted by Crippen LogP contribution is 2.34. The lowest BCUT2D eigenvalue weighted by Gasteiger charge is -2.33. The standard InChI is InChI=1S/C29H43N3OS/c1-3-5-11-22(4-2)20-32-18-16-24(17-19-32)29-31-27(21-34-29)28(33)30-26-15-10-9-14-25(26)23-12-7-6-8-13-23/h6-8,12-13,21-22,24-26H,3-5,9-11,14-20H2,1-2H3,(H,30,33). The van der Waals surface area contributed by atoms with Gasteiger partial charge in [0.25, 0.3) is 5.91 Å². The lowest BCUT2D eigenvalue weighted by Crippen LogP contribution is -2.41. The van der Waals surface area contributed by atoms with Crippen LogP contribution in [0.2, 0.25) is 0 Å². The molecule has 0 spiro atoms. The molecule has 2 aliphatic rings. The van der Waals surface area contributed by atoms with Crippen molar-refractivity contribution in [1.29, 1.82) is 0 Å². The maximum atomic E-state index is 13.1. The number of likely N-dealkylation sites (tertiary alicyclic amines) is 1. The van der Waals surface area contributed by atoms with Crippen LogP contribution in [0.3, 0.4) is 0 Å². The summed E-state index contributed by atoms with van der Waals surface area (Å²) >= 11 is 1.68. The molecule has 186 valence electrons. The van der Waals surface area contributed by atoms with Crippen LogP contribution in [0.25, 0.3) is 0 Å². The van der Waals surface area contributed by atoms with Crippen molar-refractivity contribution in [2.45, 2.75) is 95.9 Å². The minimum absolute atomic E-state index is 0.00878. The summed E-state index contributed by atoms with van der Waals surface area (Å²) in [6.07, 6.45) is 12.3. The summed E-state index contributed by atoms with van der Waals surface area (Å²) < 4.78 is 0. The van der Waals surface area contributed by atoms with Crippen molar-refractivity contribution in [3.8, 4) is 0 Å². The summed E-state index contributed by atoms with van der Waals surface area (Å²) in [7, 11) is 0. The van der Waals surface area contributed by atoms with E-state index in [0.29, 0.717) is 17.5 Å². The number of hydrogen-bond donors (Lipinski definition) is 1. The Morgan fingerprint density at radius 1 is 1.12 bits per heavy atom. The van der Waals surface area contributed by atoms with Gasteiger partial charge in [-0.15, -0.1) is 11.3 Å². The number of rotatable bonds is 10. The fraction of sp³-hybridized carbons (Fsp3) is 0.655. The lowest BCUT2D eigenvalue weighted by molar-refractivity contribution is 0.0916. The SMILES string of the molecule is CCCCC(CC)CN1CCC(c2nc(C(=O)NC3CCCCC3c3ccccc3)cs2)CC1. The second-order valence-electron chi connectivity index (χ2n) is 10.4. The lowest BCUT2D eigenvalue weighted by atomic mass is 9.80. The van der Waals surface area contributed by atoms with Crippen LogP contribution in [0.5, 0.6) is 0 Å². The number of amides is 1. The van der Waals surface area contributed by atoms with Crippen molar-refractivity contribution < 1.29 is 4.79 Å². The zero-order valence-electron chi connectivity index (χ0n) is 21.2. The molecule has 1 aromatic heterocycles. The molecule has 4 rings (SSSR count). The van der Waals surface area contributed by atoms with E-state index in [1.165, 1.54) is 50.6 Å². The third-order valence-corrected chi connectivity index (χ3v) is 9.07. The monoisotopic (exact) mass is 481 g/mol. The number of unbranched alkanes of at least 4 members (excludes halogenated alkanes) is 1. The normalized spacial score (nSPS) is 23.0. The summed E-state index contributed by atoms with van der Waals surface area (Å²) in [5.74, 6) is 1.76. The molecule has 0 radical (unpaired) electrons. The average Bonchev–Trinajstić information content (AvgIpc) is 3.38. The fourth-order valence-electron chi connectivity index (χ4n) is 5.87. The van der Waals surface area contributed by atoms with E-state index < -0.39 is 0 Å². The van der Waals surface area contributed by atoms with Gasteiger partial charge in [-0.1, -0.05) is 76.3 Å². The van der Waals surface area contributed by atoms with Crippen LogP contribution in [0.1, 0.15) is 111 Å². The second-order valence-corrected chi connectivity index (χ2v) is 11.3. The van der Waals surface area contributed by atoms with Gasteiger partial charge in [-0.05, 0) is 56.7 Å². The Morgan fingerprint density at radius 3 is 2.62 bits per heavy atom. The number of nitrogens with one attached hydrogen (secondary N) is 1. The molecule has 1 aliphatic carbocycles. The molecule has 2 heterocycles. The fourth-order valence-corrected chi connectivity index (χ4v) is 6.84. The number of nitrogens with zero attached hydrogens (tertiary/aromatic N) is 2. The maximum absolute atomic E-state index is 13.1. The number of thiazole rings is 1. The first kappa shape index (κ1) is 25.4. The second kappa shape index (κ2) is 12.8. The van der Waals surface area contributed by atoms with E-state index >= 15 is 0 Å². The number of carbonyl (C=O) groups excluding carboxylic acids is 1. The topological polar surface area (TPSA) is 45.2 Å². The molecule has 2 fully saturated rings. The zero-order chi connectivity index (χ0) is 23.8. The molecule has 1 aromatic carbocycles. The van der Waals surface area contributed by atoms with Gasteiger partial charge in [0.15, 0.2) is 0 Å². The van der Waals surface area contributed by atoms with Crippen molar-refractivity contribution in [2.75, 3.05) is 19.6 Å². The van der Waals surface area contributed by atoms with Crippen LogP contribution in [0.4, 0.5) is 0 Å². The Balaban J connectivity index is 1.30. The molecule has 34 heavy (non-hydrogen) atoms. The van der Waals surface area contributed by atoms with Crippen LogP contribution in [0.15, 0.2) is 35.7 Å². The van der Waals surface area contributed by atoms with E-state index in [1.54, 1.807) is 11.3 Å². The van der Waals surface area contributed by atoms with Crippen LogP contribution >= 0.6 is 11.3 Å². The summed E-state index contributed by atoms with van der Waals surface area (Å²) in [4.78, 5) is 20.6. The summed E-state index contributed by atoms with van der Waals surface area (Å²) in [5.41, 5.74) is 1.96. The third-order valence-electron chi connectivity index (χ3n) is 8.06. The van der Waals surface area contributed by atoms with Crippen molar-refractivity contribution >= 4 is 17.2 Å². The van der Waals surface area contributed by atoms with Crippen molar-refractivity contribution in [3.63, 3.8) is 0 Å². The van der Waals surface area contributed by atoms with Gasteiger partial charge >= 0.3 is 0 Å². The Kier molecular flexibility index (Phi) is 9.58. The molecule has 1 saturated heterocycles. The number of benzene rings is 1. The van der Waals surface area contributed by atoms with Crippen molar-refractivity contribution in [2.24, 2.45) is 5.92 Å². The van der Waals surface area contributed by atoms with E-state index in [0.717, 1.165) is 49.7 Å². The van der Waals surface area contributed by atoms with Crippen molar-refractivity contribution in [1.82, 2.24) is 15.2 Å². The smallest absolute Gasteiger partial charge is 0.270 e. The zero-order valence-corrected chi connectivity index (χ0v) is 22.0. The van der Waals surface area contributed by atoms with Crippen LogP contribution in [-0.4, -0.2) is 41.5 Å². The number of piperidine rings is 1. The largest absolute Gasteiger partial charge is 0.347 e. The van der Waals surface area contributed by atoms with Gasteiger partial charge in [0, 0.05) is 29.8 Å². The molecule has 3 unspecified atom stereocenters. The molecule has 1 N–H and O–H groups in total. The molecule has 3 atom stereocenters. The maximum Gasteiger partial charge on any atom is 0.270 e. The van der Waals surface area contributed by atoms with Gasteiger partial charge in [-0.2, -0.15) is 0 Å². The molecule has 4 nitrogen and oxygen atoms in total. The predicted octanol–water partition coefficient (Wildman–Crippen LogP) is 7.00. The van der Waals surface area contributed by atoms with Gasteiger partial charge in [-0.25, -0.2) is 4.98 Å². The van der Waals surface area contributed by atoms with Crippen LogP contribution in [0, 0.1) is 5.92 Å². The van der Waals surface area contributed by atoms with E-state index in [1.807, 2.05) is 5.38 Å². The van der Waals surface area contributed by atoms with E-state index in [9.17, 15) is 4.79 Å². The van der Waals surface area contributed by atoms with Crippen LogP contribution < -0.4 is 5.32 Å². The van der Waals surface area contributed by atoms with Gasteiger partial charge in [0.05, 0.1) is 5.01 Å². The van der Waals surface area contributed by atoms with Crippen LogP contribution in [-0.2, 0) is 0 Å². The van der Waals surface area contributed by atoms with Gasteiger partial charge in [-0.3, -0.25) is 4.79 Å². The summed E-state index contributed by atoms with van der Waals surface area (Å²) in [6, 6.07) is 10.9. The first-order valence-corrected chi connectivity index (χ1v) is 14.6. The number of aromatic nitrogens is 1. The summed E-state index contributed by atoms with van der Waals surface area (Å²) in [6.45, 7) is 8.20. The highest BCUT2D eigenvalue weighted by molar-refractivity contribution is 7.09. The third kappa shape index (κ3) is 6.69. The molecule has 2 aromatic rings. The number of carbonyl (C=O) groups is 1. The molecule has 1 aliphatic heterocycles. The number of hydrogen-bond acceptors (Lipinski definition) is 4. The van der Waals surface area contributed by atoms with Gasteiger partial charge in [0.2, 0.25) is 0 Å². The van der Waals surface area contributed by atoms with Crippen molar-refractivity contribution in [3.05, 3.63) is 52.0 Å². The highest BCUT2D eigenvalue weighted by Gasteiger charge is 2.29. The van der Waals surface area contributed by atoms with Gasteiger partial charge < -0.3 is 10.2 Å². The van der Waals surface area contributed by atoms with E-state index in [-0.39, 0.29) is 11.9 Å². The average molecular weight is 482 g/mol. The van der Waals surface area contributed by atoms with Gasteiger partial charge in [0.1, 0.15) is 5.69 Å².